The monoisotopic (exact) mass is 406 g/mol. The summed E-state index contributed by atoms with van der Waals surface area (Å²) in [5.41, 5.74) is 0. The molecule has 0 aromatic carbocycles. The van der Waals surface area contributed by atoms with Crippen molar-refractivity contribution < 1.29 is 23.4 Å². The predicted molar refractivity (Wildman–Crippen MR) is 95.3 cm³/mol. The fraction of sp³-hybridized carbons (Fsp3) is 0.750. The summed E-state index contributed by atoms with van der Waals surface area (Å²) in [6.45, 7) is 5.02. The van der Waals surface area contributed by atoms with Gasteiger partial charge in [0, 0.05) is 32.7 Å². The zero-order valence-corrected chi connectivity index (χ0v) is 17.1. The second-order valence-corrected chi connectivity index (χ2v) is 12.8. The van der Waals surface area contributed by atoms with E-state index < -0.39 is 8.07 Å². The van der Waals surface area contributed by atoms with Crippen molar-refractivity contribution in [1.29, 1.82) is 0 Å². The molecule has 2 rings (SSSR count). The maximum Gasteiger partial charge on any atom is 0.136 e. The highest BCUT2D eigenvalue weighted by atomic mass is 79.9. The summed E-state index contributed by atoms with van der Waals surface area (Å²) < 4.78 is 28.8. The van der Waals surface area contributed by atoms with Crippen molar-refractivity contribution in [1.82, 2.24) is 0 Å². The van der Waals surface area contributed by atoms with Gasteiger partial charge in [0.15, 0.2) is 0 Å². The number of hydrogen-bond donors (Lipinski definition) is 0. The summed E-state index contributed by atoms with van der Waals surface area (Å²) >= 11 is 3.60. The van der Waals surface area contributed by atoms with Crippen LogP contribution in [0.3, 0.4) is 0 Å². The van der Waals surface area contributed by atoms with Crippen molar-refractivity contribution >= 4 is 29.4 Å². The Balaban J connectivity index is 2.19. The molecular formula is C16H27BrO5Si. The summed E-state index contributed by atoms with van der Waals surface area (Å²) in [4.78, 5) is 0.969. The van der Waals surface area contributed by atoms with Crippen LogP contribution in [-0.4, -0.2) is 59.3 Å². The van der Waals surface area contributed by atoms with E-state index in [1.165, 1.54) is 0 Å². The van der Waals surface area contributed by atoms with Crippen LogP contribution in [0.5, 0.6) is 0 Å². The van der Waals surface area contributed by atoms with Gasteiger partial charge in [0.1, 0.15) is 32.1 Å². The molecule has 132 valence electrons. The number of rotatable bonds is 7. The van der Waals surface area contributed by atoms with Gasteiger partial charge in [0.25, 0.3) is 0 Å². The maximum atomic E-state index is 6.19. The lowest BCUT2D eigenvalue weighted by Gasteiger charge is -2.39. The number of furan rings is 1. The summed E-state index contributed by atoms with van der Waals surface area (Å²) in [6.07, 6.45) is 0.204. The Morgan fingerprint density at radius 2 is 1.96 bits per heavy atom. The Hall–Kier alpha value is -0.183. The molecule has 0 radical (unpaired) electrons. The van der Waals surface area contributed by atoms with Crippen LogP contribution >= 0.6 is 15.9 Å². The average molecular weight is 407 g/mol. The molecule has 0 saturated carbocycles. The third-order valence-corrected chi connectivity index (χ3v) is 10.8. The van der Waals surface area contributed by atoms with Gasteiger partial charge < -0.3 is 23.4 Å². The Morgan fingerprint density at radius 3 is 2.52 bits per heavy atom. The smallest absolute Gasteiger partial charge is 0.136 e. The fourth-order valence-electron chi connectivity index (χ4n) is 2.90. The molecule has 2 heterocycles. The zero-order chi connectivity index (χ0) is 17.0. The zero-order valence-electron chi connectivity index (χ0n) is 14.5. The van der Waals surface area contributed by atoms with Gasteiger partial charge >= 0.3 is 0 Å². The topological polar surface area (TPSA) is 50.1 Å². The van der Waals surface area contributed by atoms with E-state index in [0.717, 1.165) is 16.1 Å². The fourth-order valence-corrected chi connectivity index (χ4v) is 4.79. The minimum atomic E-state index is -1.56. The molecule has 1 aliphatic heterocycles. The molecule has 1 saturated heterocycles. The Bertz CT molecular complexity index is 493. The molecule has 4 atom stereocenters. The average Bonchev–Trinajstić information content (AvgIpc) is 3.05. The lowest BCUT2D eigenvalue weighted by Crippen LogP contribution is -2.49. The lowest BCUT2D eigenvalue weighted by atomic mass is 9.96. The van der Waals surface area contributed by atoms with Gasteiger partial charge in [-0.1, -0.05) is 29.0 Å². The molecule has 0 bridgehead atoms. The third kappa shape index (κ3) is 4.27. The molecule has 23 heavy (non-hydrogen) atoms. The van der Waals surface area contributed by atoms with Crippen LogP contribution in [-0.2, 0) is 18.9 Å². The standard InChI is InChI=1S/C16H27BrO5Si/c1-18-9-14-16(20-3)13(19-2)8-12(21-14)11-6-7-15(22-11)23(4,5)10-17/h6-7,12-14,16H,8-10H2,1-5H3/t12-,13-,14-,16+/m1/s1. The van der Waals surface area contributed by atoms with Crippen molar-refractivity contribution in [2.45, 2.75) is 43.9 Å². The van der Waals surface area contributed by atoms with E-state index in [1.54, 1.807) is 21.3 Å². The Kier molecular flexibility index (Phi) is 6.88. The van der Waals surface area contributed by atoms with Crippen molar-refractivity contribution in [3.8, 4) is 0 Å². The molecule has 5 nitrogen and oxygen atoms in total. The first-order valence-electron chi connectivity index (χ1n) is 7.83. The highest BCUT2D eigenvalue weighted by molar-refractivity contribution is 9.09. The van der Waals surface area contributed by atoms with Crippen LogP contribution in [0.2, 0.25) is 13.1 Å². The van der Waals surface area contributed by atoms with Gasteiger partial charge in [-0.15, -0.1) is 0 Å². The second-order valence-electron chi connectivity index (χ2n) is 6.55. The van der Waals surface area contributed by atoms with Crippen LogP contribution in [0.1, 0.15) is 18.3 Å². The van der Waals surface area contributed by atoms with Crippen LogP contribution in [0.15, 0.2) is 16.5 Å². The first kappa shape index (κ1) is 19.1. The SMILES string of the molecule is COC[C@H]1O[C@@H](c2ccc([Si](C)(C)CBr)o2)C[C@@H](OC)[C@@H]1OC. The van der Waals surface area contributed by atoms with Gasteiger partial charge in [0.2, 0.25) is 0 Å². The number of hydrogen-bond acceptors (Lipinski definition) is 5. The summed E-state index contributed by atoms with van der Waals surface area (Å²) in [6, 6.07) is 4.11. The molecule has 1 aromatic rings. The number of halogens is 1. The maximum absolute atomic E-state index is 6.19. The Morgan fingerprint density at radius 1 is 1.22 bits per heavy atom. The molecule has 0 N–H and O–H groups in total. The number of alkyl halides is 1. The lowest BCUT2D eigenvalue weighted by molar-refractivity contribution is -0.203. The van der Waals surface area contributed by atoms with E-state index in [2.05, 4.69) is 35.1 Å². The quantitative estimate of drug-likeness (QED) is 0.514. The molecule has 0 amide bonds. The summed E-state index contributed by atoms with van der Waals surface area (Å²) in [7, 11) is 3.49. The van der Waals surface area contributed by atoms with E-state index in [1.807, 2.05) is 6.07 Å². The highest BCUT2D eigenvalue weighted by Crippen LogP contribution is 2.34. The van der Waals surface area contributed by atoms with Gasteiger partial charge in [-0.3, -0.25) is 0 Å². The van der Waals surface area contributed by atoms with E-state index in [4.69, 9.17) is 23.4 Å². The molecule has 7 heteroatoms. The van der Waals surface area contributed by atoms with Crippen molar-refractivity contribution in [2.24, 2.45) is 0 Å². The summed E-state index contributed by atoms with van der Waals surface area (Å²) in [5.74, 6) is 0.860. The van der Waals surface area contributed by atoms with Gasteiger partial charge in [0.05, 0.1) is 18.1 Å². The normalized spacial score (nSPS) is 29.0. The summed E-state index contributed by atoms with van der Waals surface area (Å²) in [5, 5.41) is 1.08. The molecule has 0 unspecified atom stereocenters. The van der Waals surface area contributed by atoms with Crippen LogP contribution in [0.25, 0.3) is 0 Å². The number of methoxy groups -OCH3 is 3. The van der Waals surface area contributed by atoms with Crippen molar-refractivity contribution in [3.63, 3.8) is 0 Å². The molecule has 1 aliphatic rings. The van der Waals surface area contributed by atoms with E-state index in [0.29, 0.717) is 13.0 Å². The first-order chi connectivity index (χ1) is 11.0. The molecule has 0 spiro atoms. The predicted octanol–water partition coefficient (Wildman–Crippen LogP) is 2.64. The molecule has 0 aliphatic carbocycles. The van der Waals surface area contributed by atoms with E-state index >= 15 is 0 Å². The first-order valence-corrected chi connectivity index (χ1v) is 12.2. The third-order valence-electron chi connectivity index (χ3n) is 4.37. The minimum Gasteiger partial charge on any atom is -0.468 e. The van der Waals surface area contributed by atoms with Crippen LogP contribution in [0.4, 0.5) is 0 Å². The Labute approximate surface area is 147 Å². The van der Waals surface area contributed by atoms with Gasteiger partial charge in [-0.25, -0.2) is 0 Å². The molecule has 1 aromatic heterocycles. The van der Waals surface area contributed by atoms with E-state index in [-0.39, 0.29) is 24.4 Å². The molecule has 1 fully saturated rings. The number of ether oxygens (including phenoxy) is 4. The largest absolute Gasteiger partial charge is 0.468 e. The van der Waals surface area contributed by atoms with Gasteiger partial charge in [-0.2, -0.15) is 0 Å². The second kappa shape index (κ2) is 8.27. The van der Waals surface area contributed by atoms with Crippen molar-refractivity contribution in [2.75, 3.05) is 32.9 Å². The van der Waals surface area contributed by atoms with Crippen molar-refractivity contribution in [3.05, 3.63) is 17.9 Å². The van der Waals surface area contributed by atoms with Gasteiger partial charge in [-0.05, 0) is 12.1 Å². The van der Waals surface area contributed by atoms with Crippen LogP contribution in [0, 0.1) is 0 Å². The van der Waals surface area contributed by atoms with E-state index in [9.17, 15) is 0 Å². The molecular weight excluding hydrogens is 380 g/mol. The minimum absolute atomic E-state index is 0.0473. The highest BCUT2D eigenvalue weighted by Gasteiger charge is 2.41. The van der Waals surface area contributed by atoms with Crippen LogP contribution < -0.4 is 5.38 Å².